The molecule has 0 unspecified atom stereocenters. The minimum Gasteiger partial charge on any atom is -0.371 e. The zero-order chi connectivity index (χ0) is 16.2. The van der Waals surface area contributed by atoms with E-state index in [0.29, 0.717) is 0 Å². The van der Waals surface area contributed by atoms with Crippen LogP contribution in [0.25, 0.3) is 21.7 Å². The molecule has 1 fully saturated rings. The van der Waals surface area contributed by atoms with Crippen molar-refractivity contribution < 1.29 is 0 Å². The summed E-state index contributed by atoms with van der Waals surface area (Å²) >= 11 is 0. The van der Waals surface area contributed by atoms with Gasteiger partial charge in [0.1, 0.15) is 0 Å². The molecule has 1 atom stereocenters. The molecule has 1 aromatic carbocycles. The smallest absolute Gasteiger partial charge is 0.248 e. The van der Waals surface area contributed by atoms with Crippen LogP contribution >= 0.6 is 0 Å². The summed E-state index contributed by atoms with van der Waals surface area (Å²) in [5.41, 5.74) is 12.6. The van der Waals surface area contributed by atoms with E-state index in [1.807, 2.05) is 18.2 Å². The number of rotatable bonds is 4. The average Bonchev–Trinajstić information content (AvgIpc) is 3.04. The molecule has 2 aromatic rings. The number of anilines is 1. The van der Waals surface area contributed by atoms with E-state index in [0.717, 1.165) is 48.4 Å². The van der Waals surface area contributed by atoms with E-state index < -0.39 is 0 Å². The molecule has 6 nitrogen and oxygen atoms in total. The Morgan fingerprint density at radius 2 is 2.09 bits per heavy atom. The van der Waals surface area contributed by atoms with E-state index in [1.54, 1.807) is 6.07 Å². The van der Waals surface area contributed by atoms with E-state index in [4.69, 9.17) is 5.53 Å². The van der Waals surface area contributed by atoms with Crippen LogP contribution in [0.15, 0.2) is 46.3 Å². The molecule has 1 aliphatic rings. The molecule has 1 saturated heterocycles. The monoisotopic (exact) mass is 309 g/mol. The lowest BCUT2D eigenvalue weighted by molar-refractivity contribution is 0.745. The van der Waals surface area contributed by atoms with Crippen molar-refractivity contribution in [2.45, 2.75) is 25.8 Å². The molecule has 0 radical (unpaired) electrons. The molecule has 0 aliphatic carbocycles. The zero-order valence-electron chi connectivity index (χ0n) is 13.1. The minimum absolute atomic E-state index is 0.0526. The lowest BCUT2D eigenvalue weighted by Crippen LogP contribution is -2.20. The fourth-order valence-electron chi connectivity index (χ4n) is 3.04. The first-order chi connectivity index (χ1) is 11.2. The summed E-state index contributed by atoms with van der Waals surface area (Å²) in [4.78, 5) is 19.6. The Labute approximate surface area is 134 Å². The van der Waals surface area contributed by atoms with Gasteiger partial charge in [0.2, 0.25) is 5.56 Å². The van der Waals surface area contributed by atoms with Gasteiger partial charge in [-0.05, 0) is 41.6 Å². The number of pyridine rings is 1. The molecule has 0 spiro atoms. The van der Waals surface area contributed by atoms with Crippen molar-refractivity contribution in [3.63, 3.8) is 0 Å². The second kappa shape index (κ2) is 6.58. The van der Waals surface area contributed by atoms with E-state index >= 15 is 0 Å². The molecule has 2 heterocycles. The van der Waals surface area contributed by atoms with Gasteiger partial charge < -0.3 is 9.88 Å². The number of H-pyrrole nitrogens is 1. The van der Waals surface area contributed by atoms with Crippen molar-refractivity contribution in [2.24, 2.45) is 5.11 Å². The van der Waals surface area contributed by atoms with E-state index in [1.165, 1.54) is 0 Å². The third kappa shape index (κ3) is 3.22. The van der Waals surface area contributed by atoms with Gasteiger partial charge >= 0.3 is 0 Å². The number of benzene rings is 1. The number of hydrogen-bond donors (Lipinski definition) is 1. The molecule has 0 amide bonds. The largest absolute Gasteiger partial charge is 0.371 e. The molecule has 6 heteroatoms. The lowest BCUT2D eigenvalue weighted by Gasteiger charge is -2.18. The Kier molecular flexibility index (Phi) is 4.35. The molecule has 1 aliphatic heterocycles. The second-order valence-electron chi connectivity index (χ2n) is 5.72. The van der Waals surface area contributed by atoms with Crippen molar-refractivity contribution in [3.05, 3.63) is 62.8 Å². The zero-order valence-corrected chi connectivity index (χ0v) is 13.1. The van der Waals surface area contributed by atoms with Gasteiger partial charge in [0, 0.05) is 29.8 Å². The van der Waals surface area contributed by atoms with Gasteiger partial charge in [-0.3, -0.25) is 4.79 Å². The summed E-state index contributed by atoms with van der Waals surface area (Å²) in [6.07, 6.45) is 1.76. The molecule has 23 heavy (non-hydrogen) atoms. The van der Waals surface area contributed by atoms with Gasteiger partial charge in [-0.2, -0.15) is 0 Å². The van der Waals surface area contributed by atoms with Crippen LogP contribution in [0.4, 0.5) is 5.69 Å². The Morgan fingerprint density at radius 3 is 2.78 bits per heavy atom. The van der Waals surface area contributed by atoms with E-state index in [9.17, 15) is 4.79 Å². The Bertz CT molecular complexity index is 789. The number of nitrogens with one attached hydrogen (secondary N) is 1. The number of aromatic nitrogens is 1. The molecule has 3 rings (SSSR count). The van der Waals surface area contributed by atoms with Crippen LogP contribution in [-0.2, 0) is 6.42 Å². The van der Waals surface area contributed by atoms with Crippen molar-refractivity contribution in [3.8, 4) is 11.3 Å². The SMILES string of the molecule is CCc1ccc(=O)[nH]c1-c1ccc(N2CC[C@H](N=[N+]=[N-])C2)cc1. The van der Waals surface area contributed by atoms with Gasteiger partial charge in [0.05, 0.1) is 11.7 Å². The van der Waals surface area contributed by atoms with Crippen LogP contribution in [0, 0.1) is 0 Å². The van der Waals surface area contributed by atoms with Crippen LogP contribution in [-0.4, -0.2) is 24.1 Å². The Hall–Kier alpha value is -2.72. The van der Waals surface area contributed by atoms with Gasteiger partial charge in [0.25, 0.3) is 0 Å². The maximum absolute atomic E-state index is 11.6. The third-order valence-corrected chi connectivity index (χ3v) is 4.29. The van der Waals surface area contributed by atoms with E-state index in [-0.39, 0.29) is 11.6 Å². The summed E-state index contributed by atoms with van der Waals surface area (Å²) in [5.74, 6) is 0. The number of aromatic amines is 1. The first kappa shape index (κ1) is 15.2. The summed E-state index contributed by atoms with van der Waals surface area (Å²) in [6, 6.07) is 11.7. The van der Waals surface area contributed by atoms with Gasteiger partial charge in [-0.25, -0.2) is 0 Å². The van der Waals surface area contributed by atoms with Crippen LogP contribution in [0.5, 0.6) is 0 Å². The van der Waals surface area contributed by atoms with Crippen molar-refractivity contribution in [1.82, 2.24) is 4.98 Å². The van der Waals surface area contributed by atoms with Crippen LogP contribution in [0.3, 0.4) is 0 Å². The summed E-state index contributed by atoms with van der Waals surface area (Å²) in [6.45, 7) is 3.73. The van der Waals surface area contributed by atoms with E-state index in [2.05, 4.69) is 39.0 Å². The summed E-state index contributed by atoms with van der Waals surface area (Å²) in [5, 5.41) is 3.80. The standard InChI is InChI=1S/C17H19N5O/c1-2-12-5-8-16(23)19-17(12)13-3-6-15(7-4-13)22-10-9-14(11-22)20-21-18/h3-8,14H,2,9-11H2,1H3,(H,19,23)/t14-/m0/s1. The minimum atomic E-state index is -0.0852. The maximum Gasteiger partial charge on any atom is 0.248 e. The fourth-order valence-corrected chi connectivity index (χ4v) is 3.04. The maximum atomic E-state index is 11.6. The summed E-state index contributed by atoms with van der Waals surface area (Å²) < 4.78 is 0. The number of nitrogens with zero attached hydrogens (tertiary/aromatic N) is 4. The predicted octanol–water partition coefficient (Wildman–Crippen LogP) is 3.49. The van der Waals surface area contributed by atoms with Gasteiger partial charge in [-0.15, -0.1) is 0 Å². The predicted molar refractivity (Wildman–Crippen MR) is 91.6 cm³/mol. The fraction of sp³-hybridized carbons (Fsp3) is 0.353. The highest BCUT2D eigenvalue weighted by Gasteiger charge is 2.21. The number of azide groups is 1. The number of aryl methyl sites for hydroxylation is 1. The first-order valence-corrected chi connectivity index (χ1v) is 7.83. The Morgan fingerprint density at radius 1 is 1.30 bits per heavy atom. The van der Waals surface area contributed by atoms with Crippen LogP contribution < -0.4 is 10.5 Å². The molecular weight excluding hydrogens is 290 g/mol. The van der Waals surface area contributed by atoms with Crippen molar-refractivity contribution in [2.75, 3.05) is 18.0 Å². The molecule has 1 N–H and O–H groups in total. The number of hydrogen-bond acceptors (Lipinski definition) is 3. The third-order valence-electron chi connectivity index (χ3n) is 4.29. The highest BCUT2D eigenvalue weighted by atomic mass is 16.1. The quantitative estimate of drug-likeness (QED) is 0.532. The normalized spacial score (nSPS) is 17.1. The Balaban J connectivity index is 1.84. The highest BCUT2D eigenvalue weighted by Crippen LogP contribution is 2.26. The van der Waals surface area contributed by atoms with Crippen molar-refractivity contribution >= 4 is 5.69 Å². The first-order valence-electron chi connectivity index (χ1n) is 7.83. The average molecular weight is 309 g/mol. The second-order valence-corrected chi connectivity index (χ2v) is 5.72. The van der Waals surface area contributed by atoms with Gasteiger partial charge in [0.15, 0.2) is 0 Å². The van der Waals surface area contributed by atoms with Crippen molar-refractivity contribution in [1.29, 1.82) is 0 Å². The topological polar surface area (TPSA) is 84.9 Å². The highest BCUT2D eigenvalue weighted by molar-refractivity contribution is 5.66. The van der Waals surface area contributed by atoms with Gasteiger partial charge in [-0.1, -0.05) is 30.2 Å². The molecule has 1 aromatic heterocycles. The molecule has 118 valence electrons. The molecule has 0 saturated carbocycles. The molecule has 0 bridgehead atoms. The molecular formula is C17H19N5O. The van der Waals surface area contributed by atoms with Crippen LogP contribution in [0.1, 0.15) is 18.9 Å². The lowest BCUT2D eigenvalue weighted by atomic mass is 10.0. The summed E-state index contributed by atoms with van der Waals surface area (Å²) in [7, 11) is 0. The van der Waals surface area contributed by atoms with Crippen LogP contribution in [0.2, 0.25) is 0 Å².